The van der Waals surface area contributed by atoms with Gasteiger partial charge < -0.3 is 0 Å². The highest BCUT2D eigenvalue weighted by Crippen LogP contribution is 2.08. The first-order chi connectivity index (χ1) is 8.24. The first-order valence-corrected chi connectivity index (χ1v) is 5.56. The fraction of sp³-hybridized carbons (Fsp3) is 0.500. The normalized spacial score (nSPS) is 10.7. The maximum absolute atomic E-state index is 11.9. The predicted octanol–water partition coefficient (Wildman–Crippen LogP) is 1.04. The first-order valence-electron chi connectivity index (χ1n) is 5.56. The summed E-state index contributed by atoms with van der Waals surface area (Å²) in [5, 5.41) is 15.1. The third kappa shape index (κ3) is 2.22. The summed E-state index contributed by atoms with van der Waals surface area (Å²) >= 11 is 0. The second-order valence-corrected chi connectivity index (χ2v) is 3.77. The zero-order chi connectivity index (χ0) is 12.3. The number of carbonyl (C=O) groups is 1. The highest BCUT2D eigenvalue weighted by Gasteiger charge is 2.16. The Hall–Kier alpha value is -2.05. The number of carbonyl (C=O) groups excluding carboxylic acids is 1. The standard InChI is InChI=1S/C10H14N6O/c1-3-4-5-9-8(2)16(14-12-9)10(17)15-7-6-11-13-15/h6-7H,3-5H2,1-2H3. The van der Waals surface area contributed by atoms with Crippen molar-refractivity contribution >= 4 is 6.03 Å². The van der Waals surface area contributed by atoms with Crippen LogP contribution in [0.15, 0.2) is 12.4 Å². The lowest BCUT2D eigenvalue weighted by Gasteiger charge is -2.00. The van der Waals surface area contributed by atoms with Crippen LogP contribution in [0.1, 0.15) is 31.2 Å². The molecule has 0 aliphatic rings. The minimum atomic E-state index is -0.366. The molecular weight excluding hydrogens is 220 g/mol. The summed E-state index contributed by atoms with van der Waals surface area (Å²) < 4.78 is 2.38. The lowest BCUT2D eigenvalue weighted by atomic mass is 10.2. The molecule has 0 aliphatic carbocycles. The summed E-state index contributed by atoms with van der Waals surface area (Å²) in [7, 11) is 0. The Morgan fingerprint density at radius 2 is 2.24 bits per heavy atom. The van der Waals surface area contributed by atoms with Crippen molar-refractivity contribution in [2.75, 3.05) is 0 Å². The summed E-state index contributed by atoms with van der Waals surface area (Å²) in [6, 6.07) is -0.366. The molecule has 2 aromatic heterocycles. The van der Waals surface area contributed by atoms with Crippen LogP contribution in [-0.4, -0.2) is 36.0 Å². The maximum Gasteiger partial charge on any atom is 0.372 e. The molecule has 0 amide bonds. The smallest absolute Gasteiger partial charge is 0.243 e. The van der Waals surface area contributed by atoms with Gasteiger partial charge in [-0.2, -0.15) is 9.36 Å². The Kier molecular flexibility index (Phi) is 3.27. The Morgan fingerprint density at radius 3 is 2.88 bits per heavy atom. The lowest BCUT2D eigenvalue weighted by Crippen LogP contribution is -2.22. The molecular formula is C10H14N6O. The predicted molar refractivity (Wildman–Crippen MR) is 59.6 cm³/mol. The Balaban J connectivity index is 2.22. The number of rotatable bonds is 3. The van der Waals surface area contributed by atoms with Gasteiger partial charge in [0.25, 0.3) is 0 Å². The molecule has 0 aromatic carbocycles. The highest BCUT2D eigenvalue weighted by atomic mass is 16.2. The van der Waals surface area contributed by atoms with E-state index in [9.17, 15) is 4.79 Å². The second-order valence-electron chi connectivity index (χ2n) is 3.77. The third-order valence-electron chi connectivity index (χ3n) is 2.56. The zero-order valence-electron chi connectivity index (χ0n) is 9.87. The number of hydrogen-bond donors (Lipinski definition) is 0. The molecule has 0 saturated carbocycles. The fourth-order valence-electron chi connectivity index (χ4n) is 1.52. The monoisotopic (exact) mass is 234 g/mol. The molecule has 7 nitrogen and oxygen atoms in total. The van der Waals surface area contributed by atoms with Crippen molar-refractivity contribution in [3.05, 3.63) is 23.8 Å². The molecule has 0 atom stereocenters. The molecule has 0 aliphatic heterocycles. The van der Waals surface area contributed by atoms with Crippen LogP contribution in [0, 0.1) is 6.92 Å². The maximum atomic E-state index is 11.9. The van der Waals surface area contributed by atoms with Crippen molar-refractivity contribution in [1.29, 1.82) is 0 Å². The van der Waals surface area contributed by atoms with Crippen LogP contribution in [-0.2, 0) is 6.42 Å². The van der Waals surface area contributed by atoms with Crippen LogP contribution in [0.3, 0.4) is 0 Å². The Bertz CT molecular complexity index is 501. The van der Waals surface area contributed by atoms with E-state index in [1.165, 1.54) is 17.1 Å². The van der Waals surface area contributed by atoms with Gasteiger partial charge in [0.2, 0.25) is 0 Å². The SMILES string of the molecule is CCCCc1nnn(C(=O)n2ccnn2)c1C. The largest absolute Gasteiger partial charge is 0.372 e. The van der Waals surface area contributed by atoms with E-state index in [0.717, 1.165) is 35.3 Å². The molecule has 2 aromatic rings. The van der Waals surface area contributed by atoms with Gasteiger partial charge >= 0.3 is 6.03 Å². The van der Waals surface area contributed by atoms with Crippen molar-refractivity contribution in [3.63, 3.8) is 0 Å². The number of hydrogen-bond acceptors (Lipinski definition) is 5. The quantitative estimate of drug-likeness (QED) is 0.792. The van der Waals surface area contributed by atoms with Crippen LogP contribution in [0.5, 0.6) is 0 Å². The van der Waals surface area contributed by atoms with Gasteiger partial charge in [-0.05, 0) is 19.8 Å². The number of nitrogens with zero attached hydrogens (tertiary/aromatic N) is 6. The first kappa shape index (κ1) is 11.4. The summed E-state index contributed by atoms with van der Waals surface area (Å²) in [6.07, 6.45) is 5.89. The minimum absolute atomic E-state index is 0.366. The molecule has 0 radical (unpaired) electrons. The topological polar surface area (TPSA) is 78.5 Å². The van der Waals surface area contributed by atoms with E-state index < -0.39 is 0 Å². The van der Waals surface area contributed by atoms with Gasteiger partial charge in [-0.25, -0.2) is 4.79 Å². The molecule has 0 unspecified atom stereocenters. The van der Waals surface area contributed by atoms with Gasteiger partial charge in [-0.15, -0.1) is 10.2 Å². The van der Waals surface area contributed by atoms with Crippen LogP contribution >= 0.6 is 0 Å². The minimum Gasteiger partial charge on any atom is -0.243 e. The van der Waals surface area contributed by atoms with Crippen LogP contribution in [0.4, 0.5) is 4.79 Å². The molecule has 0 N–H and O–H groups in total. The molecule has 7 heteroatoms. The van der Waals surface area contributed by atoms with E-state index in [2.05, 4.69) is 27.5 Å². The summed E-state index contributed by atoms with van der Waals surface area (Å²) in [4.78, 5) is 11.9. The summed E-state index contributed by atoms with van der Waals surface area (Å²) in [5.41, 5.74) is 1.62. The second kappa shape index (κ2) is 4.86. The average Bonchev–Trinajstić information content (AvgIpc) is 2.95. The average molecular weight is 234 g/mol. The molecule has 0 saturated heterocycles. The Morgan fingerprint density at radius 1 is 1.41 bits per heavy atom. The molecule has 90 valence electrons. The van der Waals surface area contributed by atoms with E-state index in [1.807, 2.05) is 6.92 Å². The molecule has 2 rings (SSSR count). The van der Waals surface area contributed by atoms with Gasteiger partial charge in [0.15, 0.2) is 0 Å². The van der Waals surface area contributed by atoms with Crippen molar-refractivity contribution < 1.29 is 4.79 Å². The van der Waals surface area contributed by atoms with Gasteiger partial charge in [-0.1, -0.05) is 23.8 Å². The number of unbranched alkanes of at least 4 members (excludes halogenated alkanes) is 1. The van der Waals surface area contributed by atoms with Gasteiger partial charge in [0.05, 0.1) is 23.8 Å². The van der Waals surface area contributed by atoms with Crippen molar-refractivity contribution in [3.8, 4) is 0 Å². The van der Waals surface area contributed by atoms with Crippen molar-refractivity contribution in [1.82, 2.24) is 30.0 Å². The number of aryl methyl sites for hydroxylation is 1. The molecule has 2 heterocycles. The van der Waals surface area contributed by atoms with Crippen LogP contribution in [0.25, 0.3) is 0 Å². The summed E-state index contributed by atoms with van der Waals surface area (Å²) in [6.45, 7) is 3.94. The van der Waals surface area contributed by atoms with Crippen molar-refractivity contribution in [2.45, 2.75) is 33.1 Å². The van der Waals surface area contributed by atoms with Crippen LogP contribution in [0.2, 0.25) is 0 Å². The third-order valence-corrected chi connectivity index (χ3v) is 2.56. The van der Waals surface area contributed by atoms with Gasteiger partial charge in [-0.3, -0.25) is 0 Å². The van der Waals surface area contributed by atoms with E-state index in [0.29, 0.717) is 0 Å². The molecule has 17 heavy (non-hydrogen) atoms. The van der Waals surface area contributed by atoms with E-state index >= 15 is 0 Å². The van der Waals surface area contributed by atoms with Crippen LogP contribution < -0.4 is 0 Å². The van der Waals surface area contributed by atoms with E-state index in [4.69, 9.17) is 0 Å². The number of aromatic nitrogens is 6. The van der Waals surface area contributed by atoms with E-state index in [-0.39, 0.29) is 6.03 Å². The zero-order valence-corrected chi connectivity index (χ0v) is 9.87. The molecule has 0 fully saturated rings. The van der Waals surface area contributed by atoms with E-state index in [1.54, 1.807) is 0 Å². The summed E-state index contributed by atoms with van der Waals surface area (Å²) in [5.74, 6) is 0. The lowest BCUT2D eigenvalue weighted by molar-refractivity contribution is 0.236. The van der Waals surface area contributed by atoms with Gasteiger partial charge in [0, 0.05) is 0 Å². The molecule has 0 bridgehead atoms. The van der Waals surface area contributed by atoms with Crippen molar-refractivity contribution in [2.24, 2.45) is 0 Å². The highest BCUT2D eigenvalue weighted by molar-refractivity contribution is 5.77. The molecule has 0 spiro atoms. The Labute approximate surface area is 98.4 Å². The fourth-order valence-corrected chi connectivity index (χ4v) is 1.52. The van der Waals surface area contributed by atoms with Gasteiger partial charge in [0.1, 0.15) is 0 Å².